The van der Waals surface area contributed by atoms with Gasteiger partial charge in [-0.15, -0.1) is 0 Å². The van der Waals surface area contributed by atoms with Crippen molar-refractivity contribution in [1.82, 2.24) is 25.3 Å². The van der Waals surface area contributed by atoms with Gasteiger partial charge < -0.3 is 20.4 Å². The minimum absolute atomic E-state index is 0.555. The van der Waals surface area contributed by atoms with E-state index in [1.54, 1.807) is 0 Å². The lowest BCUT2D eigenvalue weighted by Gasteiger charge is -2.47. The number of likely N-dealkylation sites (N-methyl/N-ethyl adjacent to an activating group) is 2. The molecule has 3 aliphatic rings. The second-order valence-electron chi connectivity index (χ2n) is 8.07. The zero-order chi connectivity index (χ0) is 17.1. The highest BCUT2D eigenvalue weighted by Crippen LogP contribution is 2.32. The normalized spacial score (nSPS) is 36.6. The van der Waals surface area contributed by atoms with Gasteiger partial charge in [-0.05, 0) is 46.8 Å². The van der Waals surface area contributed by atoms with Crippen molar-refractivity contribution < 1.29 is 0 Å². The summed E-state index contributed by atoms with van der Waals surface area (Å²) in [6.45, 7) is 4.39. The smallest absolute Gasteiger partial charge is 0.191 e. The van der Waals surface area contributed by atoms with Gasteiger partial charge in [0.1, 0.15) is 0 Å². The van der Waals surface area contributed by atoms with E-state index in [1.165, 1.54) is 38.6 Å². The lowest BCUT2D eigenvalue weighted by atomic mass is 9.82. The number of nitrogens with zero attached hydrogens (tertiary/aromatic N) is 4. The first-order valence-corrected chi connectivity index (χ1v) is 9.64. The molecule has 0 aromatic rings. The summed E-state index contributed by atoms with van der Waals surface area (Å²) in [6.07, 6.45) is 6.62. The topological polar surface area (TPSA) is 46.1 Å². The molecular weight excluding hydrogens is 300 g/mol. The van der Waals surface area contributed by atoms with Gasteiger partial charge >= 0.3 is 0 Å². The van der Waals surface area contributed by atoms with Crippen LogP contribution in [0.15, 0.2) is 4.99 Å². The minimum Gasteiger partial charge on any atom is -0.355 e. The number of nitrogens with one attached hydrogen (secondary N) is 2. The van der Waals surface area contributed by atoms with Crippen LogP contribution in [0.4, 0.5) is 0 Å². The van der Waals surface area contributed by atoms with Crippen molar-refractivity contribution in [2.24, 2.45) is 4.99 Å². The Kier molecular flexibility index (Phi) is 6.00. The van der Waals surface area contributed by atoms with Crippen LogP contribution >= 0.6 is 0 Å². The average Bonchev–Trinajstić information content (AvgIpc) is 2.55. The predicted octanol–water partition coefficient (Wildman–Crippen LogP) is 0.413. The fourth-order valence-corrected chi connectivity index (χ4v) is 4.66. The van der Waals surface area contributed by atoms with Gasteiger partial charge in [0.2, 0.25) is 0 Å². The van der Waals surface area contributed by atoms with Gasteiger partial charge in [-0.1, -0.05) is 6.42 Å². The van der Waals surface area contributed by atoms with Gasteiger partial charge in [-0.2, -0.15) is 0 Å². The maximum atomic E-state index is 4.47. The molecule has 6 nitrogen and oxygen atoms in total. The van der Waals surface area contributed by atoms with Crippen LogP contribution in [-0.2, 0) is 0 Å². The van der Waals surface area contributed by atoms with Gasteiger partial charge in [0.05, 0.1) is 0 Å². The number of hydrogen-bond acceptors (Lipinski definition) is 4. The quantitative estimate of drug-likeness (QED) is 0.577. The van der Waals surface area contributed by atoms with E-state index in [0.29, 0.717) is 12.1 Å². The van der Waals surface area contributed by atoms with Crippen LogP contribution in [0.2, 0.25) is 0 Å². The van der Waals surface area contributed by atoms with Gasteiger partial charge in [0.15, 0.2) is 5.96 Å². The zero-order valence-corrected chi connectivity index (χ0v) is 16.0. The summed E-state index contributed by atoms with van der Waals surface area (Å²) < 4.78 is 0. The zero-order valence-electron chi connectivity index (χ0n) is 16.0. The highest BCUT2D eigenvalue weighted by Gasteiger charge is 2.36. The van der Waals surface area contributed by atoms with E-state index >= 15 is 0 Å². The van der Waals surface area contributed by atoms with Gasteiger partial charge in [0.25, 0.3) is 0 Å². The van der Waals surface area contributed by atoms with E-state index in [-0.39, 0.29) is 0 Å². The van der Waals surface area contributed by atoms with Crippen molar-refractivity contribution in [2.75, 3.05) is 54.4 Å². The summed E-state index contributed by atoms with van der Waals surface area (Å²) in [6, 6.07) is 2.63. The van der Waals surface area contributed by atoms with Crippen molar-refractivity contribution in [2.45, 2.75) is 56.3 Å². The molecule has 0 aromatic heterocycles. The Balaban J connectivity index is 1.48. The van der Waals surface area contributed by atoms with Crippen LogP contribution in [0.25, 0.3) is 0 Å². The lowest BCUT2D eigenvalue weighted by molar-refractivity contribution is 0.0525. The van der Waals surface area contributed by atoms with Crippen LogP contribution in [-0.4, -0.2) is 99.2 Å². The summed E-state index contributed by atoms with van der Waals surface area (Å²) in [5.74, 6) is 0.976. The number of rotatable bonds is 3. The van der Waals surface area contributed by atoms with Crippen LogP contribution < -0.4 is 10.6 Å². The van der Waals surface area contributed by atoms with E-state index in [9.17, 15) is 0 Å². The number of aliphatic imine (C=N–C) groups is 1. The molecule has 0 aliphatic carbocycles. The summed E-state index contributed by atoms with van der Waals surface area (Å²) >= 11 is 0. The molecule has 24 heavy (non-hydrogen) atoms. The van der Waals surface area contributed by atoms with Gasteiger partial charge in [0, 0.05) is 57.4 Å². The summed E-state index contributed by atoms with van der Waals surface area (Å²) in [4.78, 5) is 12.0. The molecule has 3 heterocycles. The molecule has 0 spiro atoms. The maximum absolute atomic E-state index is 4.47. The molecule has 3 aliphatic heterocycles. The van der Waals surface area contributed by atoms with Crippen molar-refractivity contribution in [3.8, 4) is 0 Å². The molecule has 2 bridgehead atoms. The summed E-state index contributed by atoms with van der Waals surface area (Å²) in [5.41, 5.74) is 0. The highest BCUT2D eigenvalue weighted by atomic mass is 15.3. The molecule has 0 aromatic carbocycles. The Morgan fingerprint density at radius 2 is 1.79 bits per heavy atom. The van der Waals surface area contributed by atoms with E-state index in [0.717, 1.165) is 37.7 Å². The molecule has 3 atom stereocenters. The molecule has 0 saturated carbocycles. The Bertz CT molecular complexity index is 425. The van der Waals surface area contributed by atoms with E-state index < -0.39 is 0 Å². The number of guanidine groups is 1. The number of hydrogen-bond donors (Lipinski definition) is 2. The Hall–Kier alpha value is -0.850. The third-order valence-electron chi connectivity index (χ3n) is 6.39. The van der Waals surface area contributed by atoms with Crippen LogP contribution in [0.1, 0.15) is 32.1 Å². The van der Waals surface area contributed by atoms with Crippen molar-refractivity contribution >= 4 is 5.96 Å². The second-order valence-corrected chi connectivity index (χ2v) is 8.07. The number of piperidine rings is 2. The first-order chi connectivity index (χ1) is 11.6. The highest BCUT2D eigenvalue weighted by molar-refractivity contribution is 5.80. The molecule has 0 radical (unpaired) electrons. The minimum atomic E-state index is 0.555. The van der Waals surface area contributed by atoms with E-state index in [4.69, 9.17) is 0 Å². The Morgan fingerprint density at radius 1 is 1.08 bits per heavy atom. The molecule has 3 unspecified atom stereocenters. The summed E-state index contributed by atoms with van der Waals surface area (Å²) in [7, 11) is 8.65. The van der Waals surface area contributed by atoms with Crippen molar-refractivity contribution in [3.63, 3.8) is 0 Å². The van der Waals surface area contributed by atoms with Crippen LogP contribution in [0.3, 0.4) is 0 Å². The molecule has 3 rings (SSSR count). The SMILES string of the molecule is CN=C(NCC1CN(C)CCN1C)NC1CC2CCCC(C1)N2C. The monoisotopic (exact) mass is 336 g/mol. The Morgan fingerprint density at radius 3 is 2.46 bits per heavy atom. The number of piperazine rings is 1. The lowest BCUT2D eigenvalue weighted by Crippen LogP contribution is -2.58. The molecule has 3 fully saturated rings. The van der Waals surface area contributed by atoms with Crippen LogP contribution in [0, 0.1) is 0 Å². The van der Waals surface area contributed by atoms with Crippen LogP contribution in [0.5, 0.6) is 0 Å². The molecule has 138 valence electrons. The van der Waals surface area contributed by atoms with Crippen molar-refractivity contribution in [3.05, 3.63) is 0 Å². The average molecular weight is 337 g/mol. The standard InChI is InChI=1S/C18H36N6/c1-19-18(20-12-17-13-22(2)8-9-23(17)3)21-14-10-15-6-5-7-16(11-14)24(15)4/h14-17H,5-13H2,1-4H3,(H2,19,20,21). The fraction of sp³-hybridized carbons (Fsp3) is 0.944. The van der Waals surface area contributed by atoms with E-state index in [2.05, 4.69) is 51.5 Å². The first kappa shape index (κ1) is 18.0. The maximum Gasteiger partial charge on any atom is 0.191 e. The van der Waals surface area contributed by atoms with E-state index in [1.807, 2.05) is 7.05 Å². The largest absolute Gasteiger partial charge is 0.355 e. The summed E-state index contributed by atoms with van der Waals surface area (Å²) in [5, 5.41) is 7.27. The number of fused-ring (bicyclic) bond motifs is 2. The molecular formula is C18H36N6. The van der Waals surface area contributed by atoms with Gasteiger partial charge in [-0.25, -0.2) is 0 Å². The predicted molar refractivity (Wildman–Crippen MR) is 101 cm³/mol. The fourth-order valence-electron chi connectivity index (χ4n) is 4.66. The third-order valence-corrected chi connectivity index (χ3v) is 6.39. The van der Waals surface area contributed by atoms with Gasteiger partial charge in [-0.3, -0.25) is 9.89 Å². The first-order valence-electron chi connectivity index (χ1n) is 9.64. The molecule has 2 N–H and O–H groups in total. The molecule has 6 heteroatoms. The third kappa shape index (κ3) is 4.21. The molecule has 3 saturated heterocycles. The van der Waals surface area contributed by atoms with Crippen molar-refractivity contribution in [1.29, 1.82) is 0 Å². The second kappa shape index (κ2) is 8.02. The molecule has 0 amide bonds. The Labute approximate surface area is 147 Å².